The molecule has 1 aromatic carbocycles. The average Bonchev–Trinajstić information content (AvgIpc) is 3.62. The molecular formula is C27H24F6N8O5. The molecule has 46 heavy (non-hydrogen) atoms. The third-order valence-electron chi connectivity index (χ3n) is 7.00. The van der Waals surface area contributed by atoms with Crippen LogP contribution in [0.1, 0.15) is 22.6 Å². The molecule has 1 saturated carbocycles. The van der Waals surface area contributed by atoms with Crippen LogP contribution in [0, 0.1) is 0 Å². The topological polar surface area (TPSA) is 157 Å². The molecule has 4 aromatic rings. The van der Waals surface area contributed by atoms with Gasteiger partial charge in [-0.15, -0.1) is 0 Å². The first kappa shape index (κ1) is 32.5. The Labute approximate surface area is 254 Å². The van der Waals surface area contributed by atoms with E-state index in [0.717, 1.165) is 13.0 Å². The van der Waals surface area contributed by atoms with Crippen molar-refractivity contribution in [2.24, 2.45) is 0 Å². The molecule has 19 heteroatoms. The number of fused-ring (bicyclic) bond motifs is 2. The van der Waals surface area contributed by atoms with E-state index in [1.165, 1.54) is 46.2 Å². The number of pyridine rings is 1. The Morgan fingerprint density at radius 3 is 2.46 bits per heavy atom. The standard InChI is InChI=1S/C25H23F3N8O3.C2HF3O2/c26-25(27,28)14-39-21-4-3-15(20(37)12-35-31-6-7-32-35)10-19(21)36-22(13-34-9-8-29-17-11-18(17)34)33-23-16(24(36)38)2-1-5-30-23;3-2(4,5)1(6)7/h1-7,10,17-18,29H,8-9,11-14H2;(H,6,7). The van der Waals surface area contributed by atoms with Gasteiger partial charge in [0.15, 0.2) is 18.0 Å². The minimum absolute atomic E-state index is 0.0146. The van der Waals surface area contributed by atoms with Crippen LogP contribution >= 0.6 is 0 Å². The number of rotatable bonds is 8. The summed E-state index contributed by atoms with van der Waals surface area (Å²) in [5.41, 5.74) is -0.166. The van der Waals surface area contributed by atoms with Crippen molar-refractivity contribution in [1.82, 2.24) is 39.7 Å². The molecule has 2 fully saturated rings. The highest BCUT2D eigenvalue weighted by atomic mass is 19.4. The van der Waals surface area contributed by atoms with Crippen molar-refractivity contribution in [3.8, 4) is 11.4 Å². The number of carboxylic acid groups (broad SMARTS) is 1. The van der Waals surface area contributed by atoms with Gasteiger partial charge in [0, 0.05) is 36.9 Å². The number of piperazine rings is 1. The quantitative estimate of drug-likeness (QED) is 0.212. The Kier molecular flexibility index (Phi) is 9.06. The SMILES string of the molecule is O=C(Cn1nccn1)c1ccc(OCC(F)(F)F)c(-n2c(CN3CCNC4CC43)nc3ncccc3c2=O)c1.O=C(O)C(F)(F)F. The minimum Gasteiger partial charge on any atom is -0.482 e. The van der Waals surface area contributed by atoms with Crippen LogP contribution in [0.25, 0.3) is 16.7 Å². The monoisotopic (exact) mass is 654 g/mol. The van der Waals surface area contributed by atoms with E-state index in [4.69, 9.17) is 14.6 Å². The van der Waals surface area contributed by atoms with E-state index in [9.17, 15) is 35.9 Å². The summed E-state index contributed by atoms with van der Waals surface area (Å²) in [7, 11) is 0. The van der Waals surface area contributed by atoms with Crippen molar-refractivity contribution in [3.05, 3.63) is 70.7 Å². The van der Waals surface area contributed by atoms with Crippen LogP contribution in [-0.4, -0.2) is 95.4 Å². The number of benzene rings is 1. The van der Waals surface area contributed by atoms with Crippen LogP contribution in [-0.2, 0) is 17.9 Å². The molecular weight excluding hydrogens is 630 g/mol. The fourth-order valence-corrected chi connectivity index (χ4v) is 4.85. The van der Waals surface area contributed by atoms with Crippen LogP contribution in [0.2, 0.25) is 0 Å². The Morgan fingerprint density at radius 2 is 1.78 bits per heavy atom. The van der Waals surface area contributed by atoms with E-state index in [0.29, 0.717) is 12.6 Å². The second-order valence-electron chi connectivity index (χ2n) is 10.2. The normalized spacial score (nSPS) is 18.0. The van der Waals surface area contributed by atoms with Gasteiger partial charge in [-0.25, -0.2) is 14.8 Å². The molecule has 2 unspecified atom stereocenters. The number of carbonyl (C=O) groups excluding carboxylic acids is 1. The van der Waals surface area contributed by atoms with Crippen LogP contribution in [0.4, 0.5) is 26.3 Å². The lowest BCUT2D eigenvalue weighted by Crippen LogP contribution is -2.44. The molecule has 244 valence electrons. The number of nitrogens with zero attached hydrogens (tertiary/aromatic N) is 7. The van der Waals surface area contributed by atoms with Crippen molar-refractivity contribution < 1.29 is 45.8 Å². The maximum Gasteiger partial charge on any atom is 0.490 e. The van der Waals surface area contributed by atoms with Crippen molar-refractivity contribution >= 4 is 22.8 Å². The number of Topliss-reactive ketones (excluding diaryl/α,β-unsaturated/α-hetero) is 1. The summed E-state index contributed by atoms with van der Waals surface area (Å²) in [6, 6.07) is 7.74. The molecule has 0 radical (unpaired) electrons. The summed E-state index contributed by atoms with van der Waals surface area (Å²) in [5, 5.41) is 18.6. The highest BCUT2D eigenvalue weighted by Crippen LogP contribution is 2.33. The molecule has 6 rings (SSSR count). The predicted molar refractivity (Wildman–Crippen MR) is 145 cm³/mol. The van der Waals surface area contributed by atoms with Gasteiger partial charge >= 0.3 is 18.3 Å². The lowest BCUT2D eigenvalue weighted by Gasteiger charge is -2.28. The lowest BCUT2D eigenvalue weighted by atomic mass is 10.1. The molecule has 2 N–H and O–H groups in total. The maximum atomic E-state index is 13.8. The zero-order chi connectivity index (χ0) is 33.2. The summed E-state index contributed by atoms with van der Waals surface area (Å²) in [6.45, 7) is -0.0230. The number of carboxylic acids is 1. The second-order valence-corrected chi connectivity index (χ2v) is 10.2. The average molecular weight is 655 g/mol. The lowest BCUT2D eigenvalue weighted by molar-refractivity contribution is -0.192. The van der Waals surface area contributed by atoms with E-state index in [1.54, 1.807) is 12.1 Å². The molecule has 3 aromatic heterocycles. The maximum absolute atomic E-state index is 13.8. The second kappa shape index (κ2) is 12.8. The van der Waals surface area contributed by atoms with E-state index in [1.807, 2.05) is 0 Å². The molecule has 0 spiro atoms. The van der Waals surface area contributed by atoms with Gasteiger partial charge in [0.25, 0.3) is 5.56 Å². The predicted octanol–water partition coefficient (Wildman–Crippen LogP) is 2.38. The third-order valence-corrected chi connectivity index (χ3v) is 7.00. The Balaban J connectivity index is 0.000000537. The number of hydrogen-bond donors (Lipinski definition) is 2. The van der Waals surface area contributed by atoms with Gasteiger partial charge in [-0.2, -0.15) is 41.3 Å². The number of aromatic nitrogens is 6. The molecule has 1 saturated heterocycles. The Hall–Kier alpha value is -4.91. The van der Waals surface area contributed by atoms with Crippen LogP contribution in [0.15, 0.2) is 53.7 Å². The van der Waals surface area contributed by atoms with Gasteiger partial charge in [0.2, 0.25) is 0 Å². The van der Waals surface area contributed by atoms with Gasteiger partial charge in [-0.3, -0.25) is 19.1 Å². The van der Waals surface area contributed by atoms with E-state index in [-0.39, 0.29) is 53.0 Å². The van der Waals surface area contributed by atoms with Gasteiger partial charge in [-0.05, 0) is 36.8 Å². The number of nitrogens with one attached hydrogen (secondary N) is 1. The number of alkyl halides is 6. The summed E-state index contributed by atoms with van der Waals surface area (Å²) in [4.78, 5) is 48.0. The summed E-state index contributed by atoms with van der Waals surface area (Å²) >= 11 is 0. The number of hydrogen-bond acceptors (Lipinski definition) is 10. The van der Waals surface area contributed by atoms with Crippen LogP contribution in [0.3, 0.4) is 0 Å². The van der Waals surface area contributed by atoms with Gasteiger partial charge in [-0.1, -0.05) is 0 Å². The number of halogens is 6. The molecule has 0 bridgehead atoms. The first-order chi connectivity index (χ1) is 21.7. The van der Waals surface area contributed by atoms with E-state index in [2.05, 4.69) is 30.4 Å². The zero-order valence-corrected chi connectivity index (χ0v) is 23.5. The van der Waals surface area contributed by atoms with Gasteiger partial charge in [0.05, 0.1) is 30.0 Å². The largest absolute Gasteiger partial charge is 0.490 e. The van der Waals surface area contributed by atoms with Gasteiger partial charge in [0.1, 0.15) is 18.1 Å². The van der Waals surface area contributed by atoms with Gasteiger partial charge < -0.3 is 15.2 Å². The zero-order valence-electron chi connectivity index (χ0n) is 23.5. The molecule has 4 heterocycles. The van der Waals surface area contributed by atoms with E-state index >= 15 is 0 Å². The van der Waals surface area contributed by atoms with Crippen LogP contribution < -0.4 is 15.6 Å². The smallest absolute Gasteiger partial charge is 0.482 e. The molecule has 13 nitrogen and oxygen atoms in total. The molecule has 0 amide bonds. The minimum atomic E-state index is -5.08. The molecule has 1 aliphatic heterocycles. The Bertz CT molecular complexity index is 1790. The van der Waals surface area contributed by atoms with Crippen molar-refractivity contribution in [3.63, 3.8) is 0 Å². The number of carbonyl (C=O) groups is 2. The Morgan fingerprint density at radius 1 is 1.07 bits per heavy atom. The number of ether oxygens (including phenoxy) is 1. The summed E-state index contributed by atoms with van der Waals surface area (Å²) in [5.74, 6) is -3.08. The molecule has 2 aliphatic rings. The highest BCUT2D eigenvalue weighted by molar-refractivity contribution is 5.96. The highest BCUT2D eigenvalue weighted by Gasteiger charge is 2.44. The van der Waals surface area contributed by atoms with Crippen molar-refractivity contribution in [2.45, 2.75) is 43.9 Å². The summed E-state index contributed by atoms with van der Waals surface area (Å²) < 4.78 is 77.5. The van der Waals surface area contributed by atoms with Crippen molar-refractivity contribution in [1.29, 1.82) is 0 Å². The fraction of sp³-hybridized carbons (Fsp3) is 0.370. The van der Waals surface area contributed by atoms with E-state index < -0.39 is 36.3 Å². The first-order valence-corrected chi connectivity index (χ1v) is 13.6. The number of ketones is 1. The van der Waals surface area contributed by atoms with Crippen molar-refractivity contribution in [2.75, 3.05) is 19.7 Å². The third kappa shape index (κ3) is 7.65. The van der Waals surface area contributed by atoms with Crippen LogP contribution in [0.5, 0.6) is 5.75 Å². The molecule has 1 aliphatic carbocycles. The number of aliphatic carboxylic acids is 1. The first-order valence-electron chi connectivity index (χ1n) is 13.6. The molecule has 2 atom stereocenters. The summed E-state index contributed by atoms with van der Waals surface area (Å²) in [6.07, 6.45) is -4.37. The fourth-order valence-electron chi connectivity index (χ4n) is 4.85.